The van der Waals surface area contributed by atoms with Gasteiger partial charge in [-0.2, -0.15) is 5.10 Å². The van der Waals surface area contributed by atoms with Gasteiger partial charge in [0.25, 0.3) is 0 Å². The summed E-state index contributed by atoms with van der Waals surface area (Å²) in [5, 5.41) is 6.76. The molecule has 6 rings (SSSR count). The van der Waals surface area contributed by atoms with Crippen molar-refractivity contribution in [3.63, 3.8) is 0 Å². The number of fused-ring (bicyclic) bond motifs is 1. The van der Waals surface area contributed by atoms with E-state index >= 15 is 0 Å². The van der Waals surface area contributed by atoms with E-state index in [1.165, 1.54) is 0 Å². The van der Waals surface area contributed by atoms with Crippen LogP contribution in [0.1, 0.15) is 16.7 Å². The predicted octanol–water partition coefficient (Wildman–Crippen LogP) is 5.76. The Morgan fingerprint density at radius 1 is 0.743 bits per heavy atom. The number of pyridine rings is 1. The zero-order valence-corrected chi connectivity index (χ0v) is 20.0. The molecule has 0 atom stereocenters. The zero-order chi connectivity index (χ0) is 23.7. The highest BCUT2D eigenvalue weighted by Gasteiger charge is 2.41. The number of rotatable bonds is 5. The summed E-state index contributed by atoms with van der Waals surface area (Å²) < 4.78 is 7.76. The molecular formula is C29H25ClN4O. The topological polar surface area (TPSA) is 43.2 Å². The van der Waals surface area contributed by atoms with Crippen LogP contribution in [-0.4, -0.2) is 41.1 Å². The molecule has 5 aromatic rings. The number of hydrogen-bond donors (Lipinski definition) is 0. The second-order valence-electron chi connectivity index (χ2n) is 8.67. The molecule has 1 aliphatic heterocycles. The number of benzene rings is 3. The fraction of sp³-hybridized carbons (Fsp3) is 0.172. The summed E-state index contributed by atoms with van der Waals surface area (Å²) in [6.07, 6.45) is 1.84. The van der Waals surface area contributed by atoms with Gasteiger partial charge in [0.15, 0.2) is 5.82 Å². The van der Waals surface area contributed by atoms with E-state index in [1.807, 2.05) is 30.5 Å². The maximum Gasteiger partial charge on any atom is 0.160 e. The van der Waals surface area contributed by atoms with E-state index in [9.17, 15) is 0 Å². The molecule has 6 heteroatoms. The van der Waals surface area contributed by atoms with Crippen molar-refractivity contribution in [3.8, 4) is 0 Å². The summed E-state index contributed by atoms with van der Waals surface area (Å²) >= 11 is 6.49. The Morgan fingerprint density at radius 3 is 1.77 bits per heavy atom. The van der Waals surface area contributed by atoms with Crippen LogP contribution >= 0.6 is 11.6 Å². The molecule has 174 valence electrons. The molecule has 0 unspecified atom stereocenters. The molecule has 5 nitrogen and oxygen atoms in total. The van der Waals surface area contributed by atoms with Gasteiger partial charge in [0.2, 0.25) is 0 Å². The third kappa shape index (κ3) is 3.68. The van der Waals surface area contributed by atoms with Gasteiger partial charge >= 0.3 is 0 Å². The second-order valence-corrected chi connectivity index (χ2v) is 9.05. The minimum Gasteiger partial charge on any atom is -0.378 e. The van der Waals surface area contributed by atoms with Crippen molar-refractivity contribution in [2.75, 3.05) is 31.2 Å². The van der Waals surface area contributed by atoms with Gasteiger partial charge in [-0.3, -0.25) is 0 Å². The van der Waals surface area contributed by atoms with Crippen molar-refractivity contribution < 1.29 is 4.74 Å². The Labute approximate surface area is 209 Å². The van der Waals surface area contributed by atoms with Crippen molar-refractivity contribution in [2.45, 2.75) is 5.54 Å². The van der Waals surface area contributed by atoms with Gasteiger partial charge in [-0.25, -0.2) is 9.67 Å². The molecule has 1 fully saturated rings. The fourth-order valence-electron chi connectivity index (χ4n) is 5.14. The Hall–Kier alpha value is -3.67. The lowest BCUT2D eigenvalue weighted by molar-refractivity contribution is 0.122. The summed E-state index contributed by atoms with van der Waals surface area (Å²) in [6, 6.07) is 33.6. The molecule has 0 bridgehead atoms. The first-order valence-corrected chi connectivity index (χ1v) is 12.2. The van der Waals surface area contributed by atoms with Crippen molar-refractivity contribution in [2.24, 2.45) is 0 Å². The maximum atomic E-state index is 6.49. The summed E-state index contributed by atoms with van der Waals surface area (Å²) in [4.78, 5) is 6.71. The van der Waals surface area contributed by atoms with E-state index in [0.717, 1.165) is 46.5 Å². The first-order chi connectivity index (χ1) is 17.3. The molecular weight excluding hydrogens is 456 g/mol. The second kappa shape index (κ2) is 9.17. The van der Waals surface area contributed by atoms with Crippen LogP contribution in [0.3, 0.4) is 0 Å². The number of morpholine rings is 1. The maximum absolute atomic E-state index is 6.49. The van der Waals surface area contributed by atoms with Gasteiger partial charge < -0.3 is 9.64 Å². The molecule has 0 aliphatic carbocycles. The first-order valence-electron chi connectivity index (χ1n) is 11.8. The van der Waals surface area contributed by atoms with Gasteiger partial charge in [0.1, 0.15) is 10.7 Å². The Morgan fingerprint density at radius 2 is 1.26 bits per heavy atom. The summed E-state index contributed by atoms with van der Waals surface area (Å²) in [6.45, 7) is 2.92. The fourth-order valence-corrected chi connectivity index (χ4v) is 5.29. The number of ether oxygens (including phenoxy) is 1. The molecule has 0 amide bonds. The number of halogens is 1. The van der Waals surface area contributed by atoms with Gasteiger partial charge in [-0.1, -0.05) is 103 Å². The van der Waals surface area contributed by atoms with Gasteiger partial charge in [-0.05, 0) is 16.7 Å². The lowest BCUT2D eigenvalue weighted by Gasteiger charge is -2.37. The smallest absolute Gasteiger partial charge is 0.160 e. The van der Waals surface area contributed by atoms with Gasteiger partial charge in [0, 0.05) is 25.4 Å². The normalized spacial score (nSPS) is 14.4. The monoisotopic (exact) mass is 480 g/mol. The largest absolute Gasteiger partial charge is 0.378 e. The molecule has 2 aromatic heterocycles. The summed E-state index contributed by atoms with van der Waals surface area (Å²) in [7, 11) is 0. The molecule has 0 radical (unpaired) electrons. The molecule has 3 heterocycles. The lowest BCUT2D eigenvalue weighted by atomic mass is 9.77. The Balaban J connectivity index is 1.75. The number of hydrogen-bond acceptors (Lipinski definition) is 4. The highest BCUT2D eigenvalue weighted by Crippen LogP contribution is 2.44. The SMILES string of the molecule is Clc1cc2c(cn1)c(N1CCOCC1)nn2C(c1ccccc1)(c1ccccc1)c1ccccc1. The quantitative estimate of drug-likeness (QED) is 0.237. The third-order valence-electron chi connectivity index (χ3n) is 6.72. The van der Waals surface area contributed by atoms with Crippen LogP contribution in [-0.2, 0) is 10.3 Å². The van der Waals surface area contributed by atoms with E-state index in [2.05, 4.69) is 87.4 Å². The molecule has 0 N–H and O–H groups in total. The number of aromatic nitrogens is 3. The Kier molecular flexibility index (Phi) is 5.72. The average molecular weight is 481 g/mol. The lowest BCUT2D eigenvalue weighted by Crippen LogP contribution is -2.40. The summed E-state index contributed by atoms with van der Waals surface area (Å²) in [5.41, 5.74) is 3.55. The zero-order valence-electron chi connectivity index (χ0n) is 19.2. The minimum absolute atomic E-state index is 0.440. The van der Waals surface area contributed by atoms with Gasteiger partial charge in [-0.15, -0.1) is 0 Å². The van der Waals surface area contributed by atoms with Crippen LogP contribution in [0.15, 0.2) is 103 Å². The van der Waals surface area contributed by atoms with Crippen LogP contribution in [0.25, 0.3) is 10.9 Å². The third-order valence-corrected chi connectivity index (χ3v) is 6.92. The van der Waals surface area contributed by atoms with E-state index in [1.54, 1.807) is 0 Å². The summed E-state index contributed by atoms with van der Waals surface area (Å²) in [5.74, 6) is 0.902. The van der Waals surface area contributed by atoms with E-state index in [0.29, 0.717) is 18.4 Å². The van der Waals surface area contributed by atoms with Crippen LogP contribution < -0.4 is 4.90 Å². The number of nitrogens with zero attached hydrogens (tertiary/aromatic N) is 4. The van der Waals surface area contributed by atoms with Crippen LogP contribution in [0, 0.1) is 0 Å². The van der Waals surface area contributed by atoms with Gasteiger partial charge in [0.05, 0.1) is 24.1 Å². The molecule has 3 aromatic carbocycles. The van der Waals surface area contributed by atoms with E-state index in [-0.39, 0.29) is 0 Å². The average Bonchev–Trinajstić information content (AvgIpc) is 3.30. The Bertz CT molecular complexity index is 1330. The molecule has 35 heavy (non-hydrogen) atoms. The molecule has 0 saturated carbocycles. The van der Waals surface area contributed by atoms with E-state index in [4.69, 9.17) is 21.4 Å². The standard InChI is InChI=1S/C29H25ClN4O/c30-27-20-26-25(21-31-27)28(33-16-18-35-19-17-33)32-34(26)29(22-10-4-1-5-11-22,23-12-6-2-7-13-23)24-14-8-3-9-15-24/h1-15,20-21H,16-19H2. The van der Waals surface area contributed by atoms with Crippen LogP contribution in [0.2, 0.25) is 5.15 Å². The predicted molar refractivity (Wildman–Crippen MR) is 140 cm³/mol. The van der Waals surface area contributed by atoms with Crippen LogP contribution in [0.4, 0.5) is 5.82 Å². The molecule has 1 aliphatic rings. The van der Waals surface area contributed by atoms with Crippen molar-refractivity contribution in [1.82, 2.24) is 14.8 Å². The first kappa shape index (κ1) is 21.8. The minimum atomic E-state index is -0.725. The van der Waals surface area contributed by atoms with Crippen molar-refractivity contribution in [1.29, 1.82) is 0 Å². The molecule has 1 saturated heterocycles. The highest BCUT2D eigenvalue weighted by molar-refractivity contribution is 6.30. The van der Waals surface area contributed by atoms with Crippen molar-refractivity contribution >= 4 is 28.3 Å². The van der Waals surface area contributed by atoms with E-state index < -0.39 is 5.54 Å². The highest BCUT2D eigenvalue weighted by atomic mass is 35.5. The van der Waals surface area contributed by atoms with Crippen molar-refractivity contribution in [3.05, 3.63) is 125 Å². The number of anilines is 1. The molecule has 0 spiro atoms. The van der Waals surface area contributed by atoms with Crippen LogP contribution in [0.5, 0.6) is 0 Å².